The van der Waals surface area contributed by atoms with E-state index in [-0.39, 0.29) is 0 Å². The fourth-order valence-corrected chi connectivity index (χ4v) is 9.25. The van der Waals surface area contributed by atoms with Crippen molar-refractivity contribution in [2.75, 3.05) is 13.9 Å². The molecule has 10 atom stereocenters. The molecule has 3 heteroatoms. The third kappa shape index (κ3) is 3.70. The number of carbonyl (C=O) groups is 1. The van der Waals surface area contributed by atoms with E-state index in [0.717, 1.165) is 48.7 Å². The molecule has 172 valence electrons. The van der Waals surface area contributed by atoms with Crippen molar-refractivity contribution in [3.8, 4) is 0 Å². The van der Waals surface area contributed by atoms with Crippen LogP contribution in [-0.4, -0.2) is 26.3 Å². The smallest absolute Gasteiger partial charge is 0.146 e. The third-order valence-corrected chi connectivity index (χ3v) is 10.8. The monoisotopic (exact) mass is 418 g/mol. The molecule has 0 spiro atoms. The van der Waals surface area contributed by atoms with Gasteiger partial charge in [-0.2, -0.15) is 0 Å². The standard InChI is InChI=1S/C27H46O3/c1-18-10-12-26(3)20(15-18)16-24(30-17-29-5)25-22-9-8-21(19(2)7-6-14-28)27(22,4)13-11-23(25)26/h14,18-25H,6-13,15-17H2,1-5H3/t18-,19-,20+,21-,22+,23+,24-,25+,26+,27-/m1/s1. The minimum Gasteiger partial charge on any atom is -0.359 e. The molecule has 0 N–H and O–H groups in total. The summed E-state index contributed by atoms with van der Waals surface area (Å²) in [5, 5.41) is 0. The van der Waals surface area contributed by atoms with Gasteiger partial charge < -0.3 is 14.3 Å². The summed E-state index contributed by atoms with van der Waals surface area (Å²) in [6, 6.07) is 0. The molecule has 4 aliphatic carbocycles. The molecule has 0 aromatic carbocycles. The lowest BCUT2D eigenvalue weighted by atomic mass is 9.43. The van der Waals surface area contributed by atoms with Gasteiger partial charge in [0.05, 0.1) is 6.10 Å². The van der Waals surface area contributed by atoms with Crippen LogP contribution in [0.1, 0.15) is 91.9 Å². The molecule has 4 aliphatic rings. The van der Waals surface area contributed by atoms with Crippen molar-refractivity contribution in [3.63, 3.8) is 0 Å². The molecule has 0 amide bonds. The average Bonchev–Trinajstić information content (AvgIpc) is 3.08. The minimum atomic E-state index is 0.368. The van der Waals surface area contributed by atoms with E-state index in [0.29, 0.717) is 35.6 Å². The van der Waals surface area contributed by atoms with E-state index in [2.05, 4.69) is 27.7 Å². The van der Waals surface area contributed by atoms with Gasteiger partial charge in [0.15, 0.2) is 0 Å². The van der Waals surface area contributed by atoms with Crippen LogP contribution in [0.4, 0.5) is 0 Å². The van der Waals surface area contributed by atoms with Crippen LogP contribution in [0.3, 0.4) is 0 Å². The van der Waals surface area contributed by atoms with E-state index in [1.54, 1.807) is 7.11 Å². The highest BCUT2D eigenvalue weighted by molar-refractivity contribution is 5.49. The average molecular weight is 419 g/mol. The Bertz CT molecular complexity index is 605. The van der Waals surface area contributed by atoms with Gasteiger partial charge in [0.1, 0.15) is 13.1 Å². The highest BCUT2D eigenvalue weighted by Gasteiger charge is 2.63. The number of hydrogen-bond acceptors (Lipinski definition) is 3. The van der Waals surface area contributed by atoms with Crippen molar-refractivity contribution in [3.05, 3.63) is 0 Å². The Kier molecular flexibility index (Phi) is 6.72. The first-order valence-electron chi connectivity index (χ1n) is 12.9. The molecule has 0 aliphatic heterocycles. The highest BCUT2D eigenvalue weighted by Crippen LogP contribution is 2.69. The van der Waals surface area contributed by atoms with Crippen molar-refractivity contribution in [1.82, 2.24) is 0 Å². The van der Waals surface area contributed by atoms with E-state index in [1.165, 1.54) is 51.4 Å². The quantitative estimate of drug-likeness (QED) is 0.350. The molecule has 0 saturated heterocycles. The van der Waals surface area contributed by atoms with Crippen molar-refractivity contribution < 1.29 is 14.3 Å². The van der Waals surface area contributed by atoms with Crippen LogP contribution in [0.25, 0.3) is 0 Å². The molecule has 4 saturated carbocycles. The lowest BCUT2D eigenvalue weighted by Crippen LogP contribution is -2.58. The molecule has 0 heterocycles. The zero-order chi connectivity index (χ0) is 21.5. The second-order valence-corrected chi connectivity index (χ2v) is 12.2. The SMILES string of the molecule is COCO[C@@H]1C[C@@H]2C[C@H](C)CC[C@]2(C)[C@H]2CC[C@]3(C)[C@@H]([C@H](C)CCC=O)CC[C@H]3[C@H]12. The van der Waals surface area contributed by atoms with E-state index in [4.69, 9.17) is 9.47 Å². The van der Waals surface area contributed by atoms with Crippen molar-refractivity contribution >= 4 is 6.29 Å². The van der Waals surface area contributed by atoms with Crippen LogP contribution in [0.15, 0.2) is 0 Å². The topological polar surface area (TPSA) is 35.5 Å². The molecule has 30 heavy (non-hydrogen) atoms. The number of rotatable bonds is 7. The fourth-order valence-electron chi connectivity index (χ4n) is 9.25. The van der Waals surface area contributed by atoms with Crippen LogP contribution in [0.2, 0.25) is 0 Å². The van der Waals surface area contributed by atoms with Gasteiger partial charge >= 0.3 is 0 Å². The van der Waals surface area contributed by atoms with Gasteiger partial charge in [0.2, 0.25) is 0 Å². The molecule has 4 rings (SSSR count). The van der Waals surface area contributed by atoms with Gasteiger partial charge in [0, 0.05) is 13.5 Å². The summed E-state index contributed by atoms with van der Waals surface area (Å²) in [5.41, 5.74) is 0.927. The molecule has 0 radical (unpaired) electrons. The zero-order valence-electron chi connectivity index (χ0n) is 20.2. The number of aldehydes is 1. The summed E-state index contributed by atoms with van der Waals surface area (Å²) in [6.45, 7) is 10.6. The summed E-state index contributed by atoms with van der Waals surface area (Å²) < 4.78 is 11.9. The minimum absolute atomic E-state index is 0.368. The van der Waals surface area contributed by atoms with E-state index < -0.39 is 0 Å². The maximum absolute atomic E-state index is 11.0. The Balaban J connectivity index is 1.61. The Hall–Kier alpha value is -0.410. The fraction of sp³-hybridized carbons (Fsp3) is 0.963. The summed E-state index contributed by atoms with van der Waals surface area (Å²) in [4.78, 5) is 11.0. The third-order valence-electron chi connectivity index (χ3n) is 10.8. The van der Waals surface area contributed by atoms with Crippen LogP contribution in [-0.2, 0) is 14.3 Å². The van der Waals surface area contributed by atoms with E-state index >= 15 is 0 Å². The Morgan fingerprint density at radius 3 is 2.50 bits per heavy atom. The van der Waals surface area contributed by atoms with Gasteiger partial charge in [-0.3, -0.25) is 0 Å². The molecule has 0 aromatic rings. The molecule has 0 aromatic heterocycles. The summed E-state index contributed by atoms with van der Waals surface area (Å²) in [7, 11) is 1.76. The summed E-state index contributed by atoms with van der Waals surface area (Å²) in [5.74, 6) is 5.39. The number of methoxy groups -OCH3 is 1. The zero-order valence-corrected chi connectivity index (χ0v) is 20.2. The second kappa shape index (κ2) is 8.85. The molecule has 4 fully saturated rings. The first kappa shape index (κ1) is 22.8. The van der Waals surface area contributed by atoms with Crippen LogP contribution in [0, 0.1) is 52.3 Å². The van der Waals surface area contributed by atoms with E-state index in [9.17, 15) is 4.79 Å². The number of ether oxygens (including phenoxy) is 2. The molecule has 0 unspecified atom stereocenters. The first-order chi connectivity index (χ1) is 14.3. The van der Waals surface area contributed by atoms with E-state index in [1.807, 2.05) is 0 Å². The largest absolute Gasteiger partial charge is 0.359 e. The normalized spacial score (nSPS) is 49.0. The predicted octanol–water partition coefficient (Wildman–Crippen LogP) is 6.50. The molecular formula is C27H46O3. The lowest BCUT2D eigenvalue weighted by molar-refractivity contribution is -0.204. The second-order valence-electron chi connectivity index (χ2n) is 12.2. The molecular weight excluding hydrogens is 372 g/mol. The number of hydrogen-bond donors (Lipinski definition) is 0. The van der Waals surface area contributed by atoms with Gasteiger partial charge in [-0.15, -0.1) is 0 Å². The van der Waals surface area contributed by atoms with Crippen molar-refractivity contribution in [1.29, 1.82) is 0 Å². The van der Waals surface area contributed by atoms with Gasteiger partial charge in [0.25, 0.3) is 0 Å². The van der Waals surface area contributed by atoms with Crippen LogP contribution >= 0.6 is 0 Å². The lowest BCUT2D eigenvalue weighted by Gasteiger charge is -2.63. The van der Waals surface area contributed by atoms with Crippen molar-refractivity contribution in [2.45, 2.75) is 98.0 Å². The highest BCUT2D eigenvalue weighted by atomic mass is 16.7. The van der Waals surface area contributed by atoms with Crippen LogP contribution in [0.5, 0.6) is 0 Å². The van der Waals surface area contributed by atoms with Gasteiger partial charge in [-0.1, -0.05) is 34.1 Å². The van der Waals surface area contributed by atoms with Gasteiger partial charge in [-0.25, -0.2) is 0 Å². The first-order valence-corrected chi connectivity index (χ1v) is 12.9. The maximum atomic E-state index is 11.0. The molecule has 0 bridgehead atoms. The Morgan fingerprint density at radius 2 is 1.77 bits per heavy atom. The predicted molar refractivity (Wildman–Crippen MR) is 121 cm³/mol. The Labute approximate surface area is 185 Å². The molecule has 3 nitrogen and oxygen atoms in total. The summed E-state index contributed by atoms with van der Waals surface area (Å²) >= 11 is 0. The number of carbonyl (C=O) groups excluding carboxylic acids is 1. The maximum Gasteiger partial charge on any atom is 0.146 e. The van der Waals surface area contributed by atoms with Crippen molar-refractivity contribution in [2.24, 2.45) is 52.3 Å². The Morgan fingerprint density at radius 1 is 1.03 bits per heavy atom. The van der Waals surface area contributed by atoms with Crippen LogP contribution < -0.4 is 0 Å². The summed E-state index contributed by atoms with van der Waals surface area (Å²) in [6.07, 6.45) is 14.2. The van der Waals surface area contributed by atoms with Gasteiger partial charge in [-0.05, 0) is 104 Å². The number of fused-ring (bicyclic) bond motifs is 5.